The summed E-state index contributed by atoms with van der Waals surface area (Å²) in [7, 11) is 0. The Morgan fingerprint density at radius 3 is 2.29 bits per heavy atom. The number of hydrogen-bond donors (Lipinski definition) is 2. The van der Waals surface area contributed by atoms with E-state index in [0.29, 0.717) is 10.6 Å². The third-order valence-electron chi connectivity index (χ3n) is 4.27. The number of carbonyl (C=O) groups excluding carboxylic acids is 1. The van der Waals surface area contributed by atoms with Crippen LogP contribution in [0.15, 0.2) is 42.5 Å². The van der Waals surface area contributed by atoms with Gasteiger partial charge in [0, 0.05) is 10.6 Å². The number of rotatable bonds is 5. The topological polar surface area (TPSA) is 66.4 Å². The van der Waals surface area contributed by atoms with Crippen molar-refractivity contribution < 1.29 is 14.7 Å². The number of aromatic carboxylic acids is 1. The molecule has 0 aromatic heterocycles. The zero-order valence-electron chi connectivity index (χ0n) is 13.9. The smallest absolute Gasteiger partial charge is 0.337 e. The summed E-state index contributed by atoms with van der Waals surface area (Å²) < 4.78 is 0. The van der Waals surface area contributed by atoms with E-state index in [9.17, 15) is 14.7 Å². The minimum Gasteiger partial charge on any atom is -0.478 e. The molecule has 0 spiro atoms. The summed E-state index contributed by atoms with van der Waals surface area (Å²) in [4.78, 5) is 23.6. The summed E-state index contributed by atoms with van der Waals surface area (Å²) in [5.41, 5.74) is 1.82. The molecule has 0 atom stereocenters. The number of carbonyl (C=O) groups is 2. The maximum atomic E-state index is 12.4. The molecule has 24 heavy (non-hydrogen) atoms. The predicted molar refractivity (Wildman–Crippen MR) is 96.1 cm³/mol. The third-order valence-corrected chi connectivity index (χ3v) is 4.51. The number of benzene rings is 2. The quantitative estimate of drug-likeness (QED) is 0.803. The summed E-state index contributed by atoms with van der Waals surface area (Å²) in [6.07, 6.45) is 0.989. The van der Waals surface area contributed by atoms with Crippen molar-refractivity contribution in [2.75, 3.05) is 5.32 Å². The molecule has 0 saturated carbocycles. The van der Waals surface area contributed by atoms with Crippen molar-refractivity contribution in [1.29, 1.82) is 0 Å². The van der Waals surface area contributed by atoms with E-state index < -0.39 is 5.97 Å². The fourth-order valence-electron chi connectivity index (χ4n) is 2.28. The zero-order chi connectivity index (χ0) is 17.9. The molecule has 0 unspecified atom stereocenters. The molecule has 126 valence electrons. The van der Waals surface area contributed by atoms with Gasteiger partial charge in [0.05, 0.1) is 11.3 Å². The lowest BCUT2D eigenvalue weighted by Gasteiger charge is -2.23. The minimum absolute atomic E-state index is 0.00325. The average molecular weight is 346 g/mol. The average Bonchev–Trinajstić information content (AvgIpc) is 2.54. The van der Waals surface area contributed by atoms with E-state index in [4.69, 9.17) is 11.6 Å². The van der Waals surface area contributed by atoms with Crippen LogP contribution in [0.4, 0.5) is 5.69 Å². The van der Waals surface area contributed by atoms with Crippen LogP contribution < -0.4 is 5.32 Å². The van der Waals surface area contributed by atoms with Gasteiger partial charge in [-0.1, -0.05) is 44.5 Å². The van der Waals surface area contributed by atoms with Gasteiger partial charge < -0.3 is 10.4 Å². The van der Waals surface area contributed by atoms with Crippen LogP contribution in [0.3, 0.4) is 0 Å². The summed E-state index contributed by atoms with van der Waals surface area (Å²) >= 11 is 5.89. The van der Waals surface area contributed by atoms with Gasteiger partial charge in [-0.25, -0.2) is 4.79 Å². The van der Waals surface area contributed by atoms with Crippen LogP contribution in [0.1, 0.15) is 53.5 Å². The van der Waals surface area contributed by atoms with E-state index in [0.717, 1.165) is 12.0 Å². The van der Waals surface area contributed by atoms with Crippen molar-refractivity contribution in [2.24, 2.45) is 0 Å². The van der Waals surface area contributed by atoms with Gasteiger partial charge in [0.2, 0.25) is 0 Å². The molecule has 1 amide bonds. The monoisotopic (exact) mass is 345 g/mol. The van der Waals surface area contributed by atoms with Gasteiger partial charge in [0.25, 0.3) is 5.91 Å². The van der Waals surface area contributed by atoms with E-state index in [1.165, 1.54) is 18.2 Å². The highest BCUT2D eigenvalue weighted by atomic mass is 35.5. The number of carboxylic acid groups (broad SMARTS) is 1. The Morgan fingerprint density at radius 2 is 1.75 bits per heavy atom. The first-order chi connectivity index (χ1) is 11.2. The summed E-state index contributed by atoms with van der Waals surface area (Å²) in [5, 5.41) is 12.2. The van der Waals surface area contributed by atoms with Crippen LogP contribution in [0.2, 0.25) is 5.02 Å². The highest BCUT2D eigenvalue weighted by Gasteiger charge is 2.19. The van der Waals surface area contributed by atoms with Crippen LogP contribution in [-0.4, -0.2) is 17.0 Å². The summed E-state index contributed by atoms with van der Waals surface area (Å²) in [6.45, 7) is 6.41. The maximum absolute atomic E-state index is 12.4. The number of hydrogen-bond acceptors (Lipinski definition) is 2. The Kier molecular flexibility index (Phi) is 5.30. The highest BCUT2D eigenvalue weighted by Crippen LogP contribution is 2.27. The van der Waals surface area contributed by atoms with E-state index in [1.54, 1.807) is 12.1 Å². The molecule has 0 fully saturated rings. The molecule has 2 rings (SSSR count). The van der Waals surface area contributed by atoms with Crippen molar-refractivity contribution in [3.63, 3.8) is 0 Å². The van der Waals surface area contributed by atoms with Crippen LogP contribution in [0.5, 0.6) is 0 Å². The van der Waals surface area contributed by atoms with Crippen LogP contribution in [0.25, 0.3) is 0 Å². The zero-order valence-corrected chi connectivity index (χ0v) is 14.6. The largest absolute Gasteiger partial charge is 0.478 e. The first-order valence-electron chi connectivity index (χ1n) is 7.69. The molecule has 2 aromatic rings. The molecule has 0 aliphatic rings. The Morgan fingerprint density at radius 1 is 1.12 bits per heavy atom. The second-order valence-electron chi connectivity index (χ2n) is 6.26. The van der Waals surface area contributed by atoms with Crippen LogP contribution in [0, 0.1) is 0 Å². The fraction of sp³-hybridized carbons (Fsp3) is 0.263. The molecule has 4 nitrogen and oxygen atoms in total. The number of nitrogens with one attached hydrogen (secondary N) is 1. The van der Waals surface area contributed by atoms with E-state index in [-0.39, 0.29) is 22.6 Å². The van der Waals surface area contributed by atoms with Crippen molar-refractivity contribution >= 4 is 29.2 Å². The van der Waals surface area contributed by atoms with Crippen molar-refractivity contribution in [3.05, 3.63) is 64.2 Å². The van der Waals surface area contributed by atoms with Crippen molar-refractivity contribution in [3.8, 4) is 0 Å². The van der Waals surface area contributed by atoms with Gasteiger partial charge in [0.1, 0.15) is 0 Å². The van der Waals surface area contributed by atoms with Gasteiger partial charge in [-0.05, 0) is 47.7 Å². The third kappa shape index (κ3) is 3.95. The second-order valence-corrected chi connectivity index (χ2v) is 6.70. The molecular formula is C19H20ClNO3. The van der Waals surface area contributed by atoms with Crippen LogP contribution >= 0.6 is 11.6 Å². The van der Waals surface area contributed by atoms with Crippen molar-refractivity contribution in [1.82, 2.24) is 0 Å². The van der Waals surface area contributed by atoms with Gasteiger partial charge in [0.15, 0.2) is 0 Å². The highest BCUT2D eigenvalue weighted by molar-refractivity contribution is 6.31. The van der Waals surface area contributed by atoms with Crippen LogP contribution in [-0.2, 0) is 5.41 Å². The number of anilines is 1. The molecule has 0 heterocycles. The van der Waals surface area contributed by atoms with Gasteiger partial charge in [-0.2, -0.15) is 0 Å². The van der Waals surface area contributed by atoms with E-state index in [2.05, 4.69) is 26.1 Å². The lowest BCUT2D eigenvalue weighted by Crippen LogP contribution is -2.17. The van der Waals surface area contributed by atoms with Crippen molar-refractivity contribution in [2.45, 2.75) is 32.6 Å². The Balaban J connectivity index is 2.25. The molecule has 0 bridgehead atoms. The molecule has 0 saturated heterocycles. The number of halogens is 1. The number of amides is 1. The van der Waals surface area contributed by atoms with Gasteiger partial charge in [-0.15, -0.1) is 0 Å². The Bertz CT molecular complexity index is 767. The van der Waals surface area contributed by atoms with E-state index in [1.807, 2.05) is 12.1 Å². The molecule has 0 radical (unpaired) electrons. The normalized spacial score (nSPS) is 11.2. The SMILES string of the molecule is CCC(C)(C)c1ccc(C(=O)Nc2cc(Cl)ccc2C(=O)O)cc1. The Labute approximate surface area is 146 Å². The molecular weight excluding hydrogens is 326 g/mol. The lowest BCUT2D eigenvalue weighted by molar-refractivity contribution is 0.0698. The molecule has 2 aromatic carbocycles. The molecule has 2 N–H and O–H groups in total. The minimum atomic E-state index is -1.12. The standard InChI is InChI=1S/C19H20ClNO3/c1-4-19(2,3)13-7-5-12(6-8-13)17(22)21-16-11-14(20)9-10-15(16)18(23)24/h5-11H,4H2,1-3H3,(H,21,22)(H,23,24). The van der Waals surface area contributed by atoms with Gasteiger partial charge in [-0.3, -0.25) is 4.79 Å². The molecule has 5 heteroatoms. The fourth-order valence-corrected chi connectivity index (χ4v) is 2.45. The van der Waals surface area contributed by atoms with Gasteiger partial charge >= 0.3 is 5.97 Å². The Hall–Kier alpha value is -2.33. The second kappa shape index (κ2) is 7.05. The predicted octanol–water partition coefficient (Wildman–Crippen LogP) is 4.98. The first-order valence-corrected chi connectivity index (χ1v) is 8.07. The summed E-state index contributed by atoms with van der Waals surface area (Å²) in [5.74, 6) is -1.50. The molecule has 0 aliphatic carbocycles. The van der Waals surface area contributed by atoms with E-state index >= 15 is 0 Å². The summed E-state index contributed by atoms with van der Waals surface area (Å²) in [6, 6.07) is 11.6. The lowest BCUT2D eigenvalue weighted by atomic mass is 9.82. The first kappa shape index (κ1) is 18.0. The number of carboxylic acids is 1. The molecule has 0 aliphatic heterocycles. The maximum Gasteiger partial charge on any atom is 0.337 e.